The van der Waals surface area contributed by atoms with Gasteiger partial charge in [-0.15, -0.1) is 0 Å². The van der Waals surface area contributed by atoms with Crippen LogP contribution in [0.15, 0.2) is 84.6 Å². The van der Waals surface area contributed by atoms with Crippen molar-refractivity contribution in [2.24, 2.45) is 0 Å². The van der Waals surface area contributed by atoms with Crippen LogP contribution >= 0.6 is 0 Å². The van der Waals surface area contributed by atoms with Crippen LogP contribution in [0.1, 0.15) is 5.56 Å². The smallest absolute Gasteiger partial charge is 0.282 e. The third-order valence-corrected chi connectivity index (χ3v) is 4.60. The van der Waals surface area contributed by atoms with E-state index in [1.54, 1.807) is 54.6 Å². The average Bonchev–Trinajstić information content (AvgIpc) is 2.99. The summed E-state index contributed by atoms with van der Waals surface area (Å²) in [7, 11) is 1.52. The van der Waals surface area contributed by atoms with Crippen molar-refractivity contribution in [1.29, 1.82) is 0 Å². The van der Waals surface area contributed by atoms with Gasteiger partial charge in [0.1, 0.15) is 17.3 Å². The maximum absolute atomic E-state index is 13.4. The number of carbonyl (C=O) groups is 2. The number of benzene rings is 3. The minimum absolute atomic E-state index is 0.106. The molecule has 144 valence electrons. The molecule has 0 bridgehead atoms. The van der Waals surface area contributed by atoms with E-state index in [4.69, 9.17) is 4.74 Å². The molecular formula is C23H17FN2O3. The lowest BCUT2D eigenvalue weighted by molar-refractivity contribution is -0.120. The Labute approximate surface area is 167 Å². The lowest BCUT2D eigenvalue weighted by Gasteiger charge is -2.15. The molecule has 0 fully saturated rings. The first-order valence-corrected chi connectivity index (χ1v) is 8.94. The molecule has 4 rings (SSSR count). The van der Waals surface area contributed by atoms with E-state index in [1.807, 2.05) is 0 Å². The number of carbonyl (C=O) groups excluding carboxylic acids is 2. The monoisotopic (exact) mass is 388 g/mol. The molecule has 0 spiro atoms. The fourth-order valence-corrected chi connectivity index (χ4v) is 3.22. The molecule has 0 unspecified atom stereocenters. The van der Waals surface area contributed by atoms with E-state index in [1.165, 1.54) is 31.4 Å². The van der Waals surface area contributed by atoms with Crippen LogP contribution in [0.3, 0.4) is 0 Å². The summed E-state index contributed by atoms with van der Waals surface area (Å²) in [5.41, 5.74) is 1.72. The molecular weight excluding hydrogens is 371 g/mol. The predicted octanol–water partition coefficient (Wildman–Crippen LogP) is 4.23. The fourth-order valence-electron chi connectivity index (χ4n) is 3.22. The number of imide groups is 1. The fraction of sp³-hybridized carbons (Fsp3) is 0.0435. The van der Waals surface area contributed by atoms with Gasteiger partial charge >= 0.3 is 0 Å². The molecule has 6 heteroatoms. The van der Waals surface area contributed by atoms with Crippen molar-refractivity contribution in [3.63, 3.8) is 0 Å². The van der Waals surface area contributed by atoms with Crippen LogP contribution in [0.5, 0.6) is 5.75 Å². The standard InChI is InChI=1S/C23H17FN2O3/c1-29-19-10-6-5-9-18(19)25-21-20(15-11-13-16(24)14-12-15)22(27)26(23(21)28)17-7-3-2-4-8-17/h2-14,25H,1H3. The van der Waals surface area contributed by atoms with Gasteiger partial charge in [-0.05, 0) is 42.0 Å². The van der Waals surface area contributed by atoms with E-state index in [2.05, 4.69) is 5.32 Å². The number of methoxy groups -OCH3 is 1. The van der Waals surface area contributed by atoms with Gasteiger partial charge in [0, 0.05) is 0 Å². The molecule has 29 heavy (non-hydrogen) atoms. The van der Waals surface area contributed by atoms with Gasteiger partial charge < -0.3 is 10.1 Å². The highest BCUT2D eigenvalue weighted by Crippen LogP contribution is 2.35. The van der Waals surface area contributed by atoms with Crippen LogP contribution in [-0.4, -0.2) is 18.9 Å². The van der Waals surface area contributed by atoms with Gasteiger partial charge in [-0.3, -0.25) is 9.59 Å². The minimum atomic E-state index is -0.494. The molecule has 0 aromatic heterocycles. The number of hydrogen-bond donors (Lipinski definition) is 1. The van der Waals surface area contributed by atoms with Crippen LogP contribution < -0.4 is 15.0 Å². The van der Waals surface area contributed by atoms with E-state index < -0.39 is 17.6 Å². The van der Waals surface area contributed by atoms with Crippen LogP contribution in [0, 0.1) is 5.82 Å². The van der Waals surface area contributed by atoms with Crippen LogP contribution in [-0.2, 0) is 9.59 Å². The summed E-state index contributed by atoms with van der Waals surface area (Å²) >= 11 is 0. The van der Waals surface area contributed by atoms with E-state index in [-0.39, 0.29) is 11.3 Å². The van der Waals surface area contributed by atoms with Gasteiger partial charge in [0.15, 0.2) is 0 Å². The van der Waals surface area contributed by atoms with Crippen LogP contribution in [0.25, 0.3) is 5.57 Å². The van der Waals surface area contributed by atoms with Crippen LogP contribution in [0.2, 0.25) is 0 Å². The van der Waals surface area contributed by atoms with Gasteiger partial charge in [0.05, 0.1) is 24.1 Å². The Morgan fingerprint density at radius 1 is 0.828 bits per heavy atom. The van der Waals surface area contributed by atoms with Crippen molar-refractivity contribution in [2.45, 2.75) is 0 Å². The highest BCUT2D eigenvalue weighted by molar-refractivity contribution is 6.46. The molecule has 1 aliphatic heterocycles. The number of nitrogens with one attached hydrogen (secondary N) is 1. The summed E-state index contributed by atoms with van der Waals surface area (Å²) in [5, 5.41) is 3.05. The summed E-state index contributed by atoms with van der Waals surface area (Å²) in [6.45, 7) is 0. The molecule has 0 saturated heterocycles. The first kappa shape index (κ1) is 18.4. The minimum Gasteiger partial charge on any atom is -0.495 e. The Hall–Kier alpha value is -3.93. The maximum Gasteiger partial charge on any atom is 0.282 e. The number of rotatable bonds is 5. The first-order valence-electron chi connectivity index (χ1n) is 8.94. The Morgan fingerprint density at radius 2 is 1.48 bits per heavy atom. The number of halogens is 1. The molecule has 1 heterocycles. The number of amides is 2. The molecule has 2 amide bonds. The quantitative estimate of drug-likeness (QED) is 0.665. The second-order valence-corrected chi connectivity index (χ2v) is 6.36. The van der Waals surface area contributed by atoms with E-state index in [0.717, 1.165) is 4.90 Å². The molecule has 1 N–H and O–H groups in total. The lowest BCUT2D eigenvalue weighted by atomic mass is 10.0. The molecule has 3 aromatic rings. The molecule has 0 atom stereocenters. The molecule has 0 saturated carbocycles. The van der Waals surface area contributed by atoms with Crippen molar-refractivity contribution in [1.82, 2.24) is 0 Å². The van der Waals surface area contributed by atoms with Crippen molar-refractivity contribution >= 4 is 28.8 Å². The largest absolute Gasteiger partial charge is 0.495 e. The summed E-state index contributed by atoms with van der Waals surface area (Å²) in [4.78, 5) is 27.6. The number of anilines is 2. The van der Waals surface area contributed by atoms with Gasteiger partial charge in [0.25, 0.3) is 11.8 Å². The highest BCUT2D eigenvalue weighted by Gasteiger charge is 2.40. The van der Waals surface area contributed by atoms with Crippen LogP contribution in [0.4, 0.5) is 15.8 Å². The predicted molar refractivity (Wildman–Crippen MR) is 109 cm³/mol. The Morgan fingerprint density at radius 3 is 2.17 bits per heavy atom. The highest BCUT2D eigenvalue weighted by atomic mass is 19.1. The van der Waals surface area contributed by atoms with Gasteiger partial charge in [-0.25, -0.2) is 9.29 Å². The van der Waals surface area contributed by atoms with E-state index >= 15 is 0 Å². The number of para-hydroxylation sites is 3. The average molecular weight is 388 g/mol. The molecule has 3 aromatic carbocycles. The Kier molecular flexibility index (Phi) is 4.83. The molecule has 1 aliphatic rings. The zero-order valence-electron chi connectivity index (χ0n) is 15.6. The summed E-state index contributed by atoms with van der Waals surface area (Å²) in [6, 6.07) is 21.2. The van der Waals surface area contributed by atoms with Crippen molar-refractivity contribution in [2.75, 3.05) is 17.3 Å². The second-order valence-electron chi connectivity index (χ2n) is 6.36. The lowest BCUT2D eigenvalue weighted by Crippen LogP contribution is -2.32. The summed E-state index contributed by atoms with van der Waals surface area (Å²) in [5.74, 6) is -0.876. The Balaban J connectivity index is 1.84. The number of nitrogens with zero attached hydrogens (tertiary/aromatic N) is 1. The van der Waals surface area contributed by atoms with Gasteiger partial charge in [-0.2, -0.15) is 0 Å². The van der Waals surface area contributed by atoms with Gasteiger partial charge in [0.2, 0.25) is 0 Å². The van der Waals surface area contributed by atoms with Crippen molar-refractivity contribution < 1.29 is 18.7 Å². The molecule has 0 radical (unpaired) electrons. The molecule has 0 aliphatic carbocycles. The molecule has 5 nitrogen and oxygen atoms in total. The number of ether oxygens (including phenoxy) is 1. The Bertz CT molecular complexity index is 1110. The van der Waals surface area contributed by atoms with E-state index in [0.29, 0.717) is 22.7 Å². The van der Waals surface area contributed by atoms with Crippen molar-refractivity contribution in [3.05, 3.63) is 95.9 Å². The zero-order chi connectivity index (χ0) is 20.4. The summed E-state index contributed by atoms with van der Waals surface area (Å²) in [6.07, 6.45) is 0. The summed E-state index contributed by atoms with van der Waals surface area (Å²) < 4.78 is 18.8. The topological polar surface area (TPSA) is 58.6 Å². The zero-order valence-corrected chi connectivity index (χ0v) is 15.6. The van der Waals surface area contributed by atoms with Crippen molar-refractivity contribution in [3.8, 4) is 5.75 Å². The van der Waals surface area contributed by atoms with Gasteiger partial charge in [-0.1, -0.05) is 42.5 Å². The number of hydrogen-bond acceptors (Lipinski definition) is 4. The third kappa shape index (κ3) is 3.36. The SMILES string of the molecule is COc1ccccc1NC1=C(c2ccc(F)cc2)C(=O)N(c2ccccc2)C1=O. The first-order chi connectivity index (χ1) is 14.1. The normalized spacial score (nSPS) is 13.8. The maximum atomic E-state index is 13.4. The third-order valence-electron chi connectivity index (χ3n) is 4.60. The second kappa shape index (κ2) is 7.59. The van der Waals surface area contributed by atoms with E-state index in [9.17, 15) is 14.0 Å².